The van der Waals surface area contributed by atoms with E-state index in [1.54, 1.807) is 18.2 Å². The van der Waals surface area contributed by atoms with E-state index in [9.17, 15) is 5.26 Å². The molecule has 0 unspecified atom stereocenters. The molecule has 0 bridgehead atoms. The Kier molecular flexibility index (Phi) is 5.36. The Morgan fingerprint density at radius 3 is 2.36 bits per heavy atom. The lowest BCUT2D eigenvalue weighted by Crippen LogP contribution is -2.00. The van der Waals surface area contributed by atoms with Gasteiger partial charge in [0.25, 0.3) is 5.84 Å². The Balaban J connectivity index is 1.94. The van der Waals surface area contributed by atoms with Gasteiger partial charge in [0.1, 0.15) is 36.5 Å². The van der Waals surface area contributed by atoms with Gasteiger partial charge in [0.2, 0.25) is 0 Å². The lowest BCUT2D eigenvalue weighted by Gasteiger charge is -2.08. The lowest BCUT2D eigenvalue weighted by molar-refractivity contribution is 0.351. The summed E-state index contributed by atoms with van der Waals surface area (Å²) in [5.74, 6) is 1.07. The zero-order valence-corrected chi connectivity index (χ0v) is 13.3. The molecule has 0 fully saturated rings. The van der Waals surface area contributed by atoms with Gasteiger partial charge in [-0.3, -0.25) is 5.43 Å². The first kappa shape index (κ1) is 16.2. The summed E-state index contributed by atoms with van der Waals surface area (Å²) >= 11 is 0. The molecule has 25 heavy (non-hydrogen) atoms. The molecule has 7 nitrogen and oxygen atoms in total. The summed E-state index contributed by atoms with van der Waals surface area (Å²) in [6.45, 7) is 0.752. The minimum atomic E-state index is -0.113. The van der Waals surface area contributed by atoms with Crippen LogP contribution in [0.4, 0.5) is 11.4 Å². The van der Waals surface area contributed by atoms with E-state index >= 15 is 0 Å². The number of rotatable bonds is 0. The van der Waals surface area contributed by atoms with Crippen LogP contribution in [0, 0.1) is 11.3 Å². The summed E-state index contributed by atoms with van der Waals surface area (Å²) in [5.41, 5.74) is 3.94. The molecular formula is C18H15N5O2. The third-order valence-corrected chi connectivity index (χ3v) is 3.22. The van der Waals surface area contributed by atoms with Gasteiger partial charge in [-0.25, -0.2) is 0 Å². The van der Waals surface area contributed by atoms with Crippen LogP contribution in [0.1, 0.15) is 0 Å². The predicted molar refractivity (Wildman–Crippen MR) is 94.2 cm³/mol. The molecule has 7 heteroatoms. The Labute approximate surface area is 144 Å². The number of amidine groups is 1. The fourth-order valence-corrected chi connectivity index (χ4v) is 2.04. The van der Waals surface area contributed by atoms with Gasteiger partial charge in [0.15, 0.2) is 0 Å². The summed E-state index contributed by atoms with van der Waals surface area (Å²) in [4.78, 5) is 0. The first-order valence-electron chi connectivity index (χ1n) is 7.61. The molecule has 1 heterocycles. The van der Waals surface area contributed by atoms with E-state index in [1.165, 1.54) is 0 Å². The van der Waals surface area contributed by atoms with Crippen LogP contribution in [0.15, 0.2) is 76.0 Å². The van der Waals surface area contributed by atoms with Crippen LogP contribution in [0.25, 0.3) is 0 Å². The molecule has 0 aromatic heterocycles. The number of hydrogen-bond acceptors (Lipinski definition) is 7. The number of para-hydroxylation sites is 3. The summed E-state index contributed by atoms with van der Waals surface area (Å²) in [6.07, 6.45) is 3.73. The molecule has 1 N–H and O–H groups in total. The van der Waals surface area contributed by atoms with Crippen molar-refractivity contribution in [2.24, 2.45) is 15.3 Å². The molecule has 2 aromatic rings. The Bertz CT molecular complexity index is 868. The molecular weight excluding hydrogens is 318 g/mol. The van der Waals surface area contributed by atoms with E-state index in [0.717, 1.165) is 0 Å². The van der Waals surface area contributed by atoms with E-state index in [4.69, 9.17) is 9.47 Å². The smallest absolute Gasteiger partial charge is 0.270 e. The van der Waals surface area contributed by atoms with Gasteiger partial charge < -0.3 is 9.47 Å². The minimum absolute atomic E-state index is 0.113. The van der Waals surface area contributed by atoms with Gasteiger partial charge in [0.05, 0.1) is 5.69 Å². The number of benzene rings is 2. The molecule has 0 spiro atoms. The molecule has 0 radical (unpaired) electrons. The van der Waals surface area contributed by atoms with Crippen molar-refractivity contribution in [1.82, 2.24) is 0 Å². The monoisotopic (exact) mass is 333 g/mol. The molecule has 0 aliphatic carbocycles. The Hall–Kier alpha value is -3.66. The fourth-order valence-electron chi connectivity index (χ4n) is 2.04. The third kappa shape index (κ3) is 4.42. The second kappa shape index (κ2) is 8.26. The van der Waals surface area contributed by atoms with Gasteiger partial charge in [-0.05, 0) is 36.4 Å². The van der Waals surface area contributed by atoms with Crippen molar-refractivity contribution in [3.63, 3.8) is 0 Å². The van der Waals surface area contributed by atoms with E-state index in [1.807, 2.05) is 48.6 Å². The van der Waals surface area contributed by atoms with E-state index in [-0.39, 0.29) is 5.84 Å². The van der Waals surface area contributed by atoms with E-state index < -0.39 is 0 Å². The number of hydrazone groups is 1. The number of ether oxygens (including phenoxy) is 2. The van der Waals surface area contributed by atoms with Crippen LogP contribution >= 0.6 is 0 Å². The van der Waals surface area contributed by atoms with Crippen LogP contribution in [0.5, 0.6) is 11.5 Å². The average Bonchev–Trinajstić information content (AvgIpc) is 2.66. The molecule has 1 aliphatic rings. The largest absolute Gasteiger partial charge is 0.487 e. The number of nitriles is 1. The van der Waals surface area contributed by atoms with E-state index in [2.05, 4.69) is 20.8 Å². The standard InChI is InChI=1S/C18H15N5O2/c19-13-18-22-20-14-7-1-3-9-16(14)24-11-5-6-12-25-17-10-4-2-8-15(17)21-23-18/h1-10,20H,11-12H2/b6-5+,22-18-,23-21?. The molecule has 0 saturated carbocycles. The third-order valence-electron chi connectivity index (χ3n) is 3.22. The second-order valence-corrected chi connectivity index (χ2v) is 4.92. The minimum Gasteiger partial charge on any atom is -0.487 e. The normalized spacial score (nSPS) is 17.5. The number of fused-ring (bicyclic) bond motifs is 2. The average molecular weight is 333 g/mol. The van der Waals surface area contributed by atoms with Crippen molar-refractivity contribution < 1.29 is 9.47 Å². The highest BCUT2D eigenvalue weighted by atomic mass is 16.5. The SMILES string of the molecule is N#C/C1=N/Nc2ccccc2OC/C=C/COc2ccccc2N=N1. The Morgan fingerprint density at radius 1 is 0.880 bits per heavy atom. The Morgan fingerprint density at radius 2 is 1.56 bits per heavy atom. The topological polar surface area (TPSA) is 91.4 Å². The quantitative estimate of drug-likeness (QED) is 0.736. The molecule has 124 valence electrons. The summed E-state index contributed by atoms with van der Waals surface area (Å²) in [7, 11) is 0. The molecule has 1 aliphatic heterocycles. The molecule has 2 aromatic carbocycles. The number of nitrogens with one attached hydrogen (secondary N) is 1. The summed E-state index contributed by atoms with van der Waals surface area (Å²) in [6, 6.07) is 16.4. The summed E-state index contributed by atoms with van der Waals surface area (Å²) < 4.78 is 11.4. The second-order valence-electron chi connectivity index (χ2n) is 4.92. The highest BCUT2D eigenvalue weighted by Crippen LogP contribution is 2.27. The maximum absolute atomic E-state index is 9.19. The molecule has 0 atom stereocenters. The first-order valence-corrected chi connectivity index (χ1v) is 7.61. The first-order chi connectivity index (χ1) is 12.4. The number of azo groups is 1. The van der Waals surface area contributed by atoms with Crippen LogP contribution in [0.2, 0.25) is 0 Å². The van der Waals surface area contributed by atoms with Crippen molar-refractivity contribution in [1.29, 1.82) is 5.26 Å². The van der Waals surface area contributed by atoms with Gasteiger partial charge in [-0.2, -0.15) is 5.26 Å². The highest BCUT2D eigenvalue weighted by Gasteiger charge is 2.05. The maximum Gasteiger partial charge on any atom is 0.270 e. The van der Waals surface area contributed by atoms with Crippen molar-refractivity contribution in [2.45, 2.75) is 0 Å². The zero-order chi connectivity index (χ0) is 17.3. The van der Waals surface area contributed by atoms with Gasteiger partial charge in [0, 0.05) is 0 Å². The van der Waals surface area contributed by atoms with Crippen molar-refractivity contribution in [3.05, 3.63) is 60.7 Å². The number of nitrogens with zero attached hydrogens (tertiary/aromatic N) is 4. The molecule has 3 rings (SSSR count). The van der Waals surface area contributed by atoms with Gasteiger partial charge >= 0.3 is 0 Å². The van der Waals surface area contributed by atoms with Crippen LogP contribution in [0.3, 0.4) is 0 Å². The van der Waals surface area contributed by atoms with Crippen LogP contribution in [-0.2, 0) is 0 Å². The molecule has 0 saturated heterocycles. The molecule has 0 amide bonds. The number of hydrogen-bond donors (Lipinski definition) is 1. The lowest BCUT2D eigenvalue weighted by atomic mass is 10.3. The van der Waals surface area contributed by atoms with Gasteiger partial charge in [-0.15, -0.1) is 15.3 Å². The van der Waals surface area contributed by atoms with Crippen LogP contribution < -0.4 is 14.9 Å². The predicted octanol–water partition coefficient (Wildman–Crippen LogP) is 4.05. The van der Waals surface area contributed by atoms with Crippen molar-refractivity contribution in [2.75, 3.05) is 18.6 Å². The van der Waals surface area contributed by atoms with Gasteiger partial charge in [-0.1, -0.05) is 24.3 Å². The number of anilines is 1. The zero-order valence-electron chi connectivity index (χ0n) is 13.3. The van der Waals surface area contributed by atoms with Crippen molar-refractivity contribution >= 4 is 17.2 Å². The van der Waals surface area contributed by atoms with E-state index in [0.29, 0.717) is 36.1 Å². The van der Waals surface area contributed by atoms with Crippen molar-refractivity contribution in [3.8, 4) is 17.6 Å². The maximum atomic E-state index is 9.19. The van der Waals surface area contributed by atoms with Crippen LogP contribution in [-0.4, -0.2) is 19.0 Å². The highest BCUT2D eigenvalue weighted by molar-refractivity contribution is 5.97. The fraction of sp³-hybridized carbons (Fsp3) is 0.111. The summed E-state index contributed by atoms with van der Waals surface area (Å²) in [5, 5.41) is 21.1.